The summed E-state index contributed by atoms with van der Waals surface area (Å²) in [6, 6.07) is 0. The third-order valence-electron chi connectivity index (χ3n) is 3.23. The Balaban J connectivity index is 2.44. The lowest BCUT2D eigenvalue weighted by molar-refractivity contribution is -0.142. The summed E-state index contributed by atoms with van der Waals surface area (Å²) in [6.45, 7) is 4.50. The van der Waals surface area contributed by atoms with Gasteiger partial charge in [0.25, 0.3) is 0 Å². The highest BCUT2D eigenvalue weighted by Crippen LogP contribution is 2.38. The summed E-state index contributed by atoms with van der Waals surface area (Å²) in [7, 11) is 1.47. The molecule has 0 radical (unpaired) electrons. The van der Waals surface area contributed by atoms with Crippen LogP contribution in [-0.4, -0.2) is 13.1 Å². The number of hydrogen-bond acceptors (Lipinski definition) is 2. The van der Waals surface area contributed by atoms with Gasteiger partial charge in [0.1, 0.15) is 0 Å². The van der Waals surface area contributed by atoms with Crippen molar-refractivity contribution in [2.75, 3.05) is 7.11 Å². The molecule has 0 N–H and O–H groups in total. The van der Waals surface area contributed by atoms with Gasteiger partial charge in [0.15, 0.2) is 0 Å². The molecule has 76 valence electrons. The number of carbonyl (C=O) groups is 1. The number of ether oxygens (including phenoxy) is 1. The highest BCUT2D eigenvalue weighted by molar-refractivity contribution is 5.69. The molecule has 0 aromatic carbocycles. The Hall–Kier alpha value is -0.530. The SMILES string of the molecule is COC(=O)C[C@@H]1CCC[C@H]1C(C)C. The van der Waals surface area contributed by atoms with Crippen molar-refractivity contribution in [1.29, 1.82) is 0 Å². The van der Waals surface area contributed by atoms with E-state index in [0.29, 0.717) is 18.3 Å². The lowest BCUT2D eigenvalue weighted by Crippen LogP contribution is -2.18. The van der Waals surface area contributed by atoms with Crippen LogP contribution in [0, 0.1) is 17.8 Å². The molecule has 1 aliphatic rings. The molecule has 0 aliphatic heterocycles. The fourth-order valence-electron chi connectivity index (χ4n) is 2.49. The van der Waals surface area contributed by atoms with E-state index in [-0.39, 0.29) is 5.97 Å². The minimum Gasteiger partial charge on any atom is -0.469 e. The number of methoxy groups -OCH3 is 1. The Bertz CT molecular complexity index is 175. The summed E-state index contributed by atoms with van der Waals surface area (Å²) in [5.41, 5.74) is 0. The molecule has 0 bridgehead atoms. The lowest BCUT2D eigenvalue weighted by atomic mass is 9.84. The summed E-state index contributed by atoms with van der Waals surface area (Å²) in [4.78, 5) is 11.1. The van der Waals surface area contributed by atoms with E-state index in [1.54, 1.807) is 0 Å². The van der Waals surface area contributed by atoms with E-state index < -0.39 is 0 Å². The topological polar surface area (TPSA) is 26.3 Å². The van der Waals surface area contributed by atoms with Gasteiger partial charge in [-0.25, -0.2) is 0 Å². The highest BCUT2D eigenvalue weighted by Gasteiger charge is 2.31. The fraction of sp³-hybridized carbons (Fsp3) is 0.909. The Kier molecular flexibility index (Phi) is 3.76. The Morgan fingerprint density at radius 1 is 1.46 bits per heavy atom. The molecule has 0 saturated heterocycles. The summed E-state index contributed by atoms with van der Waals surface area (Å²) in [5.74, 6) is 1.97. The largest absolute Gasteiger partial charge is 0.469 e. The minimum atomic E-state index is -0.0439. The summed E-state index contributed by atoms with van der Waals surface area (Å²) in [5, 5.41) is 0. The zero-order valence-electron chi connectivity index (χ0n) is 8.88. The van der Waals surface area contributed by atoms with Gasteiger partial charge < -0.3 is 4.74 Å². The van der Waals surface area contributed by atoms with Crippen molar-refractivity contribution in [2.45, 2.75) is 39.5 Å². The third-order valence-corrected chi connectivity index (χ3v) is 3.23. The summed E-state index contributed by atoms with van der Waals surface area (Å²) >= 11 is 0. The molecule has 0 aromatic heterocycles. The van der Waals surface area contributed by atoms with Gasteiger partial charge in [-0.3, -0.25) is 4.79 Å². The molecule has 0 unspecified atom stereocenters. The van der Waals surface area contributed by atoms with Crippen molar-refractivity contribution in [3.63, 3.8) is 0 Å². The number of rotatable bonds is 3. The monoisotopic (exact) mass is 184 g/mol. The van der Waals surface area contributed by atoms with Crippen LogP contribution in [0.25, 0.3) is 0 Å². The van der Waals surface area contributed by atoms with Crippen LogP contribution in [-0.2, 0) is 9.53 Å². The molecule has 13 heavy (non-hydrogen) atoms. The van der Waals surface area contributed by atoms with Crippen LogP contribution in [0.2, 0.25) is 0 Å². The maximum atomic E-state index is 11.1. The van der Waals surface area contributed by atoms with Crippen LogP contribution in [0.4, 0.5) is 0 Å². The number of carbonyl (C=O) groups excluding carboxylic acids is 1. The van der Waals surface area contributed by atoms with Crippen LogP contribution in [0.1, 0.15) is 39.5 Å². The van der Waals surface area contributed by atoms with E-state index >= 15 is 0 Å². The predicted octanol–water partition coefficient (Wildman–Crippen LogP) is 2.62. The molecule has 2 heteroatoms. The number of hydrogen-bond donors (Lipinski definition) is 0. The second kappa shape index (κ2) is 4.64. The molecular weight excluding hydrogens is 164 g/mol. The van der Waals surface area contributed by atoms with Crippen LogP contribution >= 0.6 is 0 Å². The lowest BCUT2D eigenvalue weighted by Gasteiger charge is -2.21. The van der Waals surface area contributed by atoms with Crippen LogP contribution in [0.5, 0.6) is 0 Å². The van der Waals surface area contributed by atoms with E-state index in [0.717, 1.165) is 5.92 Å². The first kappa shape index (κ1) is 10.6. The molecule has 1 fully saturated rings. The zero-order valence-corrected chi connectivity index (χ0v) is 8.88. The molecule has 1 aliphatic carbocycles. The first-order chi connectivity index (χ1) is 6.15. The predicted molar refractivity (Wildman–Crippen MR) is 52.3 cm³/mol. The van der Waals surface area contributed by atoms with Crippen molar-refractivity contribution in [2.24, 2.45) is 17.8 Å². The van der Waals surface area contributed by atoms with Gasteiger partial charge in [-0.1, -0.05) is 20.3 Å². The molecule has 2 nitrogen and oxygen atoms in total. The zero-order chi connectivity index (χ0) is 9.84. The van der Waals surface area contributed by atoms with Gasteiger partial charge in [0.05, 0.1) is 7.11 Å². The van der Waals surface area contributed by atoms with Gasteiger partial charge >= 0.3 is 5.97 Å². The molecule has 2 atom stereocenters. The van der Waals surface area contributed by atoms with E-state index in [1.807, 2.05) is 0 Å². The van der Waals surface area contributed by atoms with Gasteiger partial charge in [-0.15, -0.1) is 0 Å². The molecule has 0 heterocycles. The summed E-state index contributed by atoms with van der Waals surface area (Å²) < 4.78 is 4.70. The third kappa shape index (κ3) is 2.71. The molecule has 0 spiro atoms. The van der Waals surface area contributed by atoms with Gasteiger partial charge in [0, 0.05) is 6.42 Å². The minimum absolute atomic E-state index is 0.0439. The molecule has 1 rings (SSSR count). The average molecular weight is 184 g/mol. The van der Waals surface area contributed by atoms with Gasteiger partial charge in [-0.05, 0) is 30.6 Å². The van der Waals surface area contributed by atoms with Crippen molar-refractivity contribution >= 4 is 5.97 Å². The summed E-state index contributed by atoms with van der Waals surface area (Å²) in [6.07, 6.45) is 4.40. The normalized spacial score (nSPS) is 28.0. The van der Waals surface area contributed by atoms with Gasteiger partial charge in [0.2, 0.25) is 0 Å². The molecule has 0 aromatic rings. The van der Waals surface area contributed by atoms with Crippen molar-refractivity contribution in [3.8, 4) is 0 Å². The highest BCUT2D eigenvalue weighted by atomic mass is 16.5. The number of esters is 1. The fourth-order valence-corrected chi connectivity index (χ4v) is 2.49. The van der Waals surface area contributed by atoms with Gasteiger partial charge in [-0.2, -0.15) is 0 Å². The molecule has 1 saturated carbocycles. The Morgan fingerprint density at radius 3 is 2.69 bits per heavy atom. The standard InChI is InChI=1S/C11H20O2/c1-8(2)10-6-4-5-9(10)7-11(12)13-3/h8-10H,4-7H2,1-3H3/t9-,10-/m0/s1. The Morgan fingerprint density at radius 2 is 2.15 bits per heavy atom. The van der Waals surface area contributed by atoms with Crippen molar-refractivity contribution in [1.82, 2.24) is 0 Å². The first-order valence-corrected chi connectivity index (χ1v) is 5.22. The van der Waals surface area contributed by atoms with Crippen LogP contribution in [0.15, 0.2) is 0 Å². The Labute approximate surface area is 80.7 Å². The molecule has 0 amide bonds. The first-order valence-electron chi connectivity index (χ1n) is 5.22. The van der Waals surface area contributed by atoms with Crippen molar-refractivity contribution < 1.29 is 9.53 Å². The maximum Gasteiger partial charge on any atom is 0.305 e. The van der Waals surface area contributed by atoms with E-state index in [2.05, 4.69) is 13.8 Å². The average Bonchev–Trinajstić information content (AvgIpc) is 2.52. The van der Waals surface area contributed by atoms with E-state index in [4.69, 9.17) is 4.74 Å². The second-order valence-electron chi connectivity index (χ2n) is 4.38. The van der Waals surface area contributed by atoms with Crippen LogP contribution in [0.3, 0.4) is 0 Å². The maximum absolute atomic E-state index is 11.1. The van der Waals surface area contributed by atoms with Crippen molar-refractivity contribution in [3.05, 3.63) is 0 Å². The quantitative estimate of drug-likeness (QED) is 0.630. The second-order valence-corrected chi connectivity index (χ2v) is 4.38. The van der Waals surface area contributed by atoms with Crippen LogP contribution < -0.4 is 0 Å². The van der Waals surface area contributed by atoms with E-state index in [1.165, 1.54) is 26.4 Å². The molecular formula is C11H20O2. The smallest absolute Gasteiger partial charge is 0.305 e. The van der Waals surface area contributed by atoms with E-state index in [9.17, 15) is 4.79 Å².